The molecule has 1 rings (SSSR count). The first-order valence-electron chi connectivity index (χ1n) is 4.64. The van der Waals surface area contributed by atoms with Crippen LogP contribution in [0.2, 0.25) is 0 Å². The van der Waals surface area contributed by atoms with Crippen molar-refractivity contribution in [1.82, 2.24) is 4.31 Å². The van der Waals surface area contributed by atoms with E-state index in [9.17, 15) is 18.3 Å². The van der Waals surface area contributed by atoms with Gasteiger partial charge in [-0.05, 0) is 13.3 Å². The Labute approximate surface area is 88.9 Å². The number of aliphatic hydroxyl groups excluding tert-OH is 1. The van der Waals surface area contributed by atoms with Crippen LogP contribution in [0.4, 0.5) is 0 Å². The fraction of sp³-hybridized carbons (Fsp3) is 0.875. The molecule has 6 nitrogen and oxygen atoms in total. The molecule has 0 bridgehead atoms. The predicted octanol–water partition coefficient (Wildman–Crippen LogP) is -1.06. The average molecular weight is 237 g/mol. The van der Waals surface area contributed by atoms with Crippen LogP contribution in [0.25, 0.3) is 0 Å². The average Bonchev–Trinajstić information content (AvgIpc) is 2.63. The Hall–Kier alpha value is -0.660. The normalized spacial score (nSPS) is 25.1. The molecule has 7 heteroatoms. The molecule has 1 heterocycles. The summed E-state index contributed by atoms with van der Waals surface area (Å²) in [6, 6.07) is 0. The van der Waals surface area contributed by atoms with E-state index in [-0.39, 0.29) is 13.1 Å². The summed E-state index contributed by atoms with van der Waals surface area (Å²) in [5, 5.41) is 8.00. The molecule has 0 aliphatic carbocycles. The number of sulfonamides is 1. The van der Waals surface area contributed by atoms with Gasteiger partial charge in [-0.25, -0.2) is 8.42 Å². The van der Waals surface area contributed by atoms with E-state index < -0.39 is 27.3 Å². The van der Waals surface area contributed by atoms with Crippen LogP contribution >= 0.6 is 0 Å². The minimum Gasteiger partial charge on any atom is -0.468 e. The first kappa shape index (κ1) is 12.4. The number of rotatable bonds is 3. The van der Waals surface area contributed by atoms with Gasteiger partial charge < -0.3 is 9.84 Å². The Balaban J connectivity index is 2.79. The summed E-state index contributed by atoms with van der Waals surface area (Å²) in [4.78, 5) is 11.1. The molecule has 2 atom stereocenters. The molecule has 0 aromatic rings. The Bertz CT molecular complexity index is 339. The second-order valence-corrected chi connectivity index (χ2v) is 5.76. The van der Waals surface area contributed by atoms with Gasteiger partial charge in [-0.15, -0.1) is 0 Å². The van der Waals surface area contributed by atoms with Crippen molar-refractivity contribution in [3.8, 4) is 0 Å². The van der Waals surface area contributed by atoms with Crippen LogP contribution in [-0.2, 0) is 19.6 Å². The van der Waals surface area contributed by atoms with Gasteiger partial charge in [0.1, 0.15) is 0 Å². The van der Waals surface area contributed by atoms with E-state index in [1.54, 1.807) is 0 Å². The fourth-order valence-corrected chi connectivity index (χ4v) is 2.98. The van der Waals surface area contributed by atoms with Crippen molar-refractivity contribution >= 4 is 16.0 Å². The van der Waals surface area contributed by atoms with E-state index in [1.165, 1.54) is 6.92 Å². The molecule has 0 spiro atoms. The number of carbonyl (C=O) groups is 1. The maximum absolute atomic E-state index is 11.8. The minimum absolute atomic E-state index is 0.0592. The van der Waals surface area contributed by atoms with E-state index in [0.717, 1.165) is 11.4 Å². The highest BCUT2D eigenvalue weighted by Gasteiger charge is 2.38. The van der Waals surface area contributed by atoms with E-state index in [4.69, 9.17) is 0 Å². The molecule has 15 heavy (non-hydrogen) atoms. The van der Waals surface area contributed by atoms with Gasteiger partial charge in [0, 0.05) is 13.1 Å². The van der Waals surface area contributed by atoms with Crippen LogP contribution in [0.15, 0.2) is 0 Å². The Morgan fingerprint density at radius 2 is 2.20 bits per heavy atom. The van der Waals surface area contributed by atoms with E-state index in [0.29, 0.717) is 6.42 Å². The maximum Gasteiger partial charge on any atom is 0.325 e. The first-order valence-corrected chi connectivity index (χ1v) is 6.14. The van der Waals surface area contributed by atoms with Crippen LogP contribution in [-0.4, -0.2) is 55.4 Å². The van der Waals surface area contributed by atoms with Gasteiger partial charge in [0.2, 0.25) is 10.0 Å². The van der Waals surface area contributed by atoms with Crippen LogP contribution in [0.5, 0.6) is 0 Å². The number of ether oxygens (including phenoxy) is 1. The molecule has 0 saturated carbocycles. The summed E-state index contributed by atoms with van der Waals surface area (Å²) in [6.07, 6.45) is -0.225. The third kappa shape index (κ3) is 2.47. The van der Waals surface area contributed by atoms with Crippen molar-refractivity contribution in [2.45, 2.75) is 24.7 Å². The molecule has 1 N–H and O–H groups in total. The first-order chi connectivity index (χ1) is 6.89. The number of nitrogens with zero attached hydrogens (tertiary/aromatic N) is 1. The number of carbonyl (C=O) groups excluding carboxylic acids is 1. The van der Waals surface area contributed by atoms with Gasteiger partial charge in [-0.1, -0.05) is 0 Å². The predicted molar refractivity (Wildman–Crippen MR) is 52.6 cm³/mol. The Kier molecular flexibility index (Phi) is 3.69. The van der Waals surface area contributed by atoms with Crippen molar-refractivity contribution in [3.05, 3.63) is 0 Å². The summed E-state index contributed by atoms with van der Waals surface area (Å²) >= 11 is 0. The molecule has 1 saturated heterocycles. The number of β-amino-alcohol motifs (C(OH)–C–C–N with tert-alkyl or cyclic N) is 1. The largest absolute Gasteiger partial charge is 0.468 e. The maximum atomic E-state index is 11.8. The highest BCUT2D eigenvalue weighted by molar-refractivity contribution is 7.90. The smallest absolute Gasteiger partial charge is 0.325 e. The van der Waals surface area contributed by atoms with Crippen molar-refractivity contribution < 1.29 is 23.1 Å². The zero-order chi connectivity index (χ0) is 11.6. The van der Waals surface area contributed by atoms with Crippen molar-refractivity contribution in [1.29, 1.82) is 0 Å². The van der Waals surface area contributed by atoms with Gasteiger partial charge in [-0.2, -0.15) is 4.31 Å². The molecule has 1 aliphatic rings. The lowest BCUT2D eigenvalue weighted by molar-refractivity contribution is -0.139. The fourth-order valence-electron chi connectivity index (χ4n) is 1.45. The lowest BCUT2D eigenvalue weighted by Crippen LogP contribution is -2.40. The van der Waals surface area contributed by atoms with E-state index in [2.05, 4.69) is 4.74 Å². The second-order valence-electron chi connectivity index (χ2n) is 3.51. The van der Waals surface area contributed by atoms with Gasteiger partial charge in [0.15, 0.2) is 5.25 Å². The van der Waals surface area contributed by atoms with Gasteiger partial charge in [0.05, 0.1) is 13.2 Å². The quantitative estimate of drug-likeness (QED) is 0.633. The molecule has 88 valence electrons. The molecule has 1 aliphatic heterocycles. The molecule has 0 aromatic carbocycles. The zero-order valence-corrected chi connectivity index (χ0v) is 9.53. The third-order valence-corrected chi connectivity index (χ3v) is 4.60. The van der Waals surface area contributed by atoms with Gasteiger partial charge in [-0.3, -0.25) is 4.79 Å². The summed E-state index contributed by atoms with van der Waals surface area (Å²) in [5.74, 6) is -0.781. The monoisotopic (exact) mass is 237 g/mol. The molecule has 1 fully saturated rings. The molecule has 0 aromatic heterocycles. The van der Waals surface area contributed by atoms with Crippen molar-refractivity contribution in [3.63, 3.8) is 0 Å². The minimum atomic E-state index is -3.68. The van der Waals surface area contributed by atoms with E-state index >= 15 is 0 Å². The standard InChI is InChI=1S/C8H15NO5S/c1-6(8(11)14-2)15(12,13)9-4-3-7(10)5-9/h6-7,10H,3-5H2,1-2H3/t6?,7-/m1/s1. The van der Waals surface area contributed by atoms with Crippen molar-refractivity contribution in [2.24, 2.45) is 0 Å². The Morgan fingerprint density at radius 3 is 2.60 bits per heavy atom. The summed E-state index contributed by atoms with van der Waals surface area (Å²) in [7, 11) is -2.54. The molecule has 0 radical (unpaired) electrons. The topological polar surface area (TPSA) is 83.9 Å². The highest BCUT2D eigenvalue weighted by Crippen LogP contribution is 2.17. The summed E-state index contributed by atoms with van der Waals surface area (Å²) in [6.45, 7) is 1.60. The number of esters is 1. The number of hydrogen-bond donors (Lipinski definition) is 1. The number of hydrogen-bond acceptors (Lipinski definition) is 5. The van der Waals surface area contributed by atoms with Crippen molar-refractivity contribution in [2.75, 3.05) is 20.2 Å². The summed E-state index contributed by atoms with van der Waals surface area (Å²) in [5.41, 5.74) is 0. The second kappa shape index (κ2) is 4.46. The van der Waals surface area contributed by atoms with E-state index in [1.807, 2.05) is 0 Å². The molecule has 0 amide bonds. The van der Waals surface area contributed by atoms with Gasteiger partial charge >= 0.3 is 5.97 Å². The SMILES string of the molecule is COC(=O)C(C)S(=O)(=O)N1CC[C@@H](O)C1. The molecular weight excluding hydrogens is 222 g/mol. The van der Waals surface area contributed by atoms with Crippen LogP contribution in [0, 0.1) is 0 Å². The zero-order valence-electron chi connectivity index (χ0n) is 8.71. The van der Waals surface area contributed by atoms with Crippen LogP contribution in [0.1, 0.15) is 13.3 Å². The molecule has 1 unspecified atom stereocenters. The van der Waals surface area contributed by atoms with Gasteiger partial charge in [0.25, 0.3) is 0 Å². The van der Waals surface area contributed by atoms with Crippen LogP contribution < -0.4 is 0 Å². The molecular formula is C8H15NO5S. The summed E-state index contributed by atoms with van der Waals surface area (Å²) < 4.78 is 29.1. The number of aliphatic hydroxyl groups is 1. The lowest BCUT2D eigenvalue weighted by Gasteiger charge is -2.19. The highest BCUT2D eigenvalue weighted by atomic mass is 32.2. The van der Waals surface area contributed by atoms with Crippen LogP contribution in [0.3, 0.4) is 0 Å². The lowest BCUT2D eigenvalue weighted by atomic mass is 10.3. The number of methoxy groups -OCH3 is 1. The Morgan fingerprint density at radius 1 is 1.60 bits per heavy atom. The third-order valence-electron chi connectivity index (χ3n) is 2.47.